The second kappa shape index (κ2) is 7.09. The minimum Gasteiger partial charge on any atom is -0.494 e. The second-order valence-corrected chi connectivity index (χ2v) is 4.76. The summed E-state index contributed by atoms with van der Waals surface area (Å²) in [5.74, 6) is -0.0708. The average molecular weight is 268 g/mol. The number of halogens is 1. The highest BCUT2D eigenvalue weighted by Crippen LogP contribution is 2.18. The van der Waals surface area contributed by atoms with Gasteiger partial charge in [-0.3, -0.25) is 4.79 Å². The standard InChI is InChI=1S/C14H21FN2O2/c1-10(8-16)9-17(2)14(18)7-11-4-5-13(19-3)12(15)6-11/h4-6,10H,7-9,16H2,1-3H3. The fourth-order valence-corrected chi connectivity index (χ4v) is 1.77. The van der Waals surface area contributed by atoms with E-state index < -0.39 is 5.82 Å². The molecule has 0 aliphatic heterocycles. The molecule has 0 radical (unpaired) electrons. The molecule has 1 unspecified atom stereocenters. The number of hydrogen-bond acceptors (Lipinski definition) is 3. The van der Waals surface area contributed by atoms with Crippen LogP contribution in [-0.4, -0.2) is 38.1 Å². The third-order valence-electron chi connectivity index (χ3n) is 2.99. The van der Waals surface area contributed by atoms with E-state index in [2.05, 4.69) is 0 Å². The number of benzene rings is 1. The molecule has 1 rings (SSSR count). The van der Waals surface area contributed by atoms with E-state index in [0.29, 0.717) is 18.7 Å². The van der Waals surface area contributed by atoms with Crippen molar-refractivity contribution in [3.05, 3.63) is 29.6 Å². The molecule has 1 atom stereocenters. The maximum Gasteiger partial charge on any atom is 0.226 e. The van der Waals surface area contributed by atoms with Gasteiger partial charge in [0.25, 0.3) is 0 Å². The predicted octanol–water partition coefficient (Wildman–Crippen LogP) is 1.43. The molecule has 0 saturated carbocycles. The number of hydrogen-bond donors (Lipinski definition) is 1. The Balaban J connectivity index is 2.64. The van der Waals surface area contributed by atoms with Crippen molar-refractivity contribution in [1.29, 1.82) is 0 Å². The minimum absolute atomic E-state index is 0.0510. The summed E-state index contributed by atoms with van der Waals surface area (Å²) in [6, 6.07) is 4.55. The van der Waals surface area contributed by atoms with Crippen LogP contribution in [0.5, 0.6) is 5.75 Å². The first kappa shape index (κ1) is 15.4. The maximum absolute atomic E-state index is 13.5. The molecule has 4 nitrogen and oxygen atoms in total. The van der Waals surface area contributed by atoms with Gasteiger partial charge in [-0.2, -0.15) is 0 Å². The third-order valence-corrected chi connectivity index (χ3v) is 2.99. The molecular formula is C14H21FN2O2. The van der Waals surface area contributed by atoms with Gasteiger partial charge in [0.05, 0.1) is 13.5 Å². The molecule has 0 bridgehead atoms. The van der Waals surface area contributed by atoms with Gasteiger partial charge in [-0.25, -0.2) is 4.39 Å². The van der Waals surface area contributed by atoms with Crippen molar-refractivity contribution < 1.29 is 13.9 Å². The van der Waals surface area contributed by atoms with Crippen LogP contribution in [0.4, 0.5) is 4.39 Å². The molecule has 0 aliphatic rings. The third kappa shape index (κ3) is 4.52. The van der Waals surface area contributed by atoms with Crippen LogP contribution < -0.4 is 10.5 Å². The normalized spacial score (nSPS) is 12.1. The van der Waals surface area contributed by atoms with Gasteiger partial charge < -0.3 is 15.4 Å². The zero-order valence-electron chi connectivity index (χ0n) is 11.6. The highest BCUT2D eigenvalue weighted by Gasteiger charge is 2.13. The van der Waals surface area contributed by atoms with Crippen LogP contribution in [0.1, 0.15) is 12.5 Å². The number of methoxy groups -OCH3 is 1. The van der Waals surface area contributed by atoms with Crippen LogP contribution in [0.25, 0.3) is 0 Å². The van der Waals surface area contributed by atoms with Crippen LogP contribution in [0, 0.1) is 11.7 Å². The van der Waals surface area contributed by atoms with Crippen LogP contribution in [0.2, 0.25) is 0 Å². The Kier molecular flexibility index (Phi) is 5.76. The Morgan fingerprint density at radius 2 is 2.21 bits per heavy atom. The molecule has 1 amide bonds. The van der Waals surface area contributed by atoms with Gasteiger partial charge in [-0.15, -0.1) is 0 Å². The van der Waals surface area contributed by atoms with Gasteiger partial charge in [0.15, 0.2) is 11.6 Å². The summed E-state index contributed by atoms with van der Waals surface area (Å²) in [5.41, 5.74) is 6.16. The topological polar surface area (TPSA) is 55.6 Å². The molecule has 19 heavy (non-hydrogen) atoms. The summed E-state index contributed by atoms with van der Waals surface area (Å²) in [6.07, 6.45) is 0.175. The van der Waals surface area contributed by atoms with E-state index in [1.807, 2.05) is 6.92 Å². The Morgan fingerprint density at radius 1 is 1.53 bits per heavy atom. The number of carbonyl (C=O) groups is 1. The number of amides is 1. The second-order valence-electron chi connectivity index (χ2n) is 4.76. The molecule has 0 aromatic heterocycles. The van der Waals surface area contributed by atoms with Gasteiger partial charge in [0.2, 0.25) is 5.91 Å². The molecule has 0 aliphatic carbocycles. The van der Waals surface area contributed by atoms with E-state index >= 15 is 0 Å². The number of ether oxygens (including phenoxy) is 1. The Morgan fingerprint density at radius 3 is 2.74 bits per heavy atom. The largest absolute Gasteiger partial charge is 0.494 e. The molecule has 0 heterocycles. The predicted molar refractivity (Wildman–Crippen MR) is 72.5 cm³/mol. The Hall–Kier alpha value is -1.62. The number of rotatable bonds is 6. The summed E-state index contributed by atoms with van der Waals surface area (Å²) in [5, 5.41) is 0. The molecule has 1 aromatic rings. The van der Waals surface area contributed by atoms with E-state index in [4.69, 9.17) is 10.5 Å². The van der Waals surface area contributed by atoms with Crippen molar-refractivity contribution in [1.82, 2.24) is 4.90 Å². The first-order valence-corrected chi connectivity index (χ1v) is 6.24. The van der Waals surface area contributed by atoms with Crippen LogP contribution in [0.3, 0.4) is 0 Å². The number of nitrogens with zero attached hydrogens (tertiary/aromatic N) is 1. The van der Waals surface area contributed by atoms with Crippen molar-refractivity contribution >= 4 is 5.91 Å². The first-order valence-electron chi connectivity index (χ1n) is 6.24. The number of carbonyl (C=O) groups excluding carboxylic acids is 1. The Labute approximate surface area is 113 Å². The molecule has 1 aromatic carbocycles. The molecule has 106 valence electrons. The van der Waals surface area contributed by atoms with Crippen molar-refractivity contribution in [2.24, 2.45) is 11.7 Å². The van der Waals surface area contributed by atoms with Gasteiger partial charge in [0, 0.05) is 13.6 Å². The molecular weight excluding hydrogens is 247 g/mol. The van der Waals surface area contributed by atoms with Gasteiger partial charge in [-0.05, 0) is 30.2 Å². The van der Waals surface area contributed by atoms with E-state index in [1.54, 1.807) is 18.0 Å². The Bertz CT molecular complexity index is 437. The zero-order valence-corrected chi connectivity index (χ0v) is 11.6. The van der Waals surface area contributed by atoms with E-state index in [-0.39, 0.29) is 24.0 Å². The summed E-state index contributed by atoms with van der Waals surface area (Å²) in [4.78, 5) is 13.6. The smallest absolute Gasteiger partial charge is 0.226 e. The summed E-state index contributed by atoms with van der Waals surface area (Å²) < 4.78 is 18.3. The fraction of sp³-hybridized carbons (Fsp3) is 0.500. The summed E-state index contributed by atoms with van der Waals surface area (Å²) >= 11 is 0. The van der Waals surface area contributed by atoms with Crippen molar-refractivity contribution in [3.8, 4) is 5.75 Å². The fourth-order valence-electron chi connectivity index (χ4n) is 1.77. The molecule has 0 fully saturated rings. The number of nitrogens with two attached hydrogens (primary N) is 1. The lowest BCUT2D eigenvalue weighted by molar-refractivity contribution is -0.129. The van der Waals surface area contributed by atoms with E-state index in [0.717, 1.165) is 0 Å². The molecule has 0 spiro atoms. The van der Waals surface area contributed by atoms with Gasteiger partial charge >= 0.3 is 0 Å². The van der Waals surface area contributed by atoms with Crippen molar-refractivity contribution in [3.63, 3.8) is 0 Å². The van der Waals surface area contributed by atoms with Crippen molar-refractivity contribution in [2.75, 3.05) is 27.2 Å². The molecule has 5 heteroatoms. The summed E-state index contributed by atoms with van der Waals surface area (Å²) in [6.45, 7) is 3.12. The van der Waals surface area contributed by atoms with Gasteiger partial charge in [-0.1, -0.05) is 13.0 Å². The molecule has 0 saturated heterocycles. The first-order chi connectivity index (χ1) is 8.97. The zero-order chi connectivity index (χ0) is 14.4. The SMILES string of the molecule is COc1ccc(CC(=O)N(C)CC(C)CN)cc1F. The highest BCUT2D eigenvalue weighted by molar-refractivity contribution is 5.78. The lowest BCUT2D eigenvalue weighted by Crippen LogP contribution is -2.34. The number of likely N-dealkylation sites (N-methyl/N-ethyl adjacent to an activating group) is 1. The van der Waals surface area contributed by atoms with Crippen molar-refractivity contribution in [2.45, 2.75) is 13.3 Å². The van der Waals surface area contributed by atoms with Crippen LogP contribution in [0.15, 0.2) is 18.2 Å². The maximum atomic E-state index is 13.5. The van der Waals surface area contributed by atoms with Crippen LogP contribution >= 0.6 is 0 Å². The minimum atomic E-state index is -0.453. The van der Waals surface area contributed by atoms with Gasteiger partial charge in [0.1, 0.15) is 0 Å². The highest BCUT2D eigenvalue weighted by atomic mass is 19.1. The average Bonchev–Trinajstić information content (AvgIpc) is 2.38. The van der Waals surface area contributed by atoms with E-state index in [9.17, 15) is 9.18 Å². The lowest BCUT2D eigenvalue weighted by atomic mass is 10.1. The lowest BCUT2D eigenvalue weighted by Gasteiger charge is -2.20. The molecule has 2 N–H and O–H groups in total. The monoisotopic (exact) mass is 268 g/mol. The quantitative estimate of drug-likeness (QED) is 0.849. The van der Waals surface area contributed by atoms with E-state index in [1.165, 1.54) is 19.2 Å². The summed E-state index contributed by atoms with van der Waals surface area (Å²) in [7, 11) is 3.14. The van der Waals surface area contributed by atoms with Crippen LogP contribution in [-0.2, 0) is 11.2 Å².